The van der Waals surface area contributed by atoms with E-state index in [4.69, 9.17) is 4.74 Å². The molecule has 0 radical (unpaired) electrons. The number of halogens is 1. The molecule has 1 aromatic heterocycles. The third kappa shape index (κ3) is 3.65. The minimum absolute atomic E-state index is 0.0704. The molecule has 0 fully saturated rings. The zero-order chi connectivity index (χ0) is 13.7. The molecule has 0 bridgehead atoms. The first kappa shape index (κ1) is 15.4. The van der Waals surface area contributed by atoms with Gasteiger partial charge in [-0.3, -0.25) is 0 Å². The molecule has 0 aliphatic heterocycles. The second-order valence-corrected chi connectivity index (χ2v) is 5.45. The molecule has 0 amide bonds. The molecule has 0 saturated heterocycles. The molecule has 1 aromatic rings. The maximum Gasteiger partial charge on any atom is 0.160 e. The number of anilines is 1. The Kier molecular flexibility index (Phi) is 6.02. The van der Waals surface area contributed by atoms with Gasteiger partial charge in [0.2, 0.25) is 0 Å². The highest BCUT2D eigenvalue weighted by atomic mass is 79.9. The lowest BCUT2D eigenvalue weighted by atomic mass is 10.1. The molecule has 0 saturated carbocycles. The number of aryl methyl sites for hydroxylation is 1. The van der Waals surface area contributed by atoms with Gasteiger partial charge in [0.05, 0.1) is 10.2 Å². The van der Waals surface area contributed by atoms with Crippen LogP contribution in [0.1, 0.15) is 44.8 Å². The van der Waals surface area contributed by atoms with Crippen molar-refractivity contribution in [2.24, 2.45) is 5.92 Å². The largest absolute Gasteiger partial charge is 0.373 e. The van der Waals surface area contributed by atoms with Crippen LogP contribution in [0.25, 0.3) is 0 Å². The van der Waals surface area contributed by atoms with Crippen molar-refractivity contribution in [2.75, 3.05) is 19.0 Å². The minimum Gasteiger partial charge on any atom is -0.373 e. The lowest BCUT2D eigenvalue weighted by molar-refractivity contribution is 0.0574. The third-order valence-corrected chi connectivity index (χ3v) is 3.64. The van der Waals surface area contributed by atoms with Gasteiger partial charge in [-0.1, -0.05) is 20.8 Å². The van der Waals surface area contributed by atoms with Gasteiger partial charge in [-0.2, -0.15) is 0 Å². The molecule has 102 valence electrons. The summed E-state index contributed by atoms with van der Waals surface area (Å²) in [5, 5.41) is 3.31. The quantitative estimate of drug-likeness (QED) is 0.869. The molecule has 4 nitrogen and oxygen atoms in total. The fourth-order valence-electron chi connectivity index (χ4n) is 1.74. The van der Waals surface area contributed by atoms with Gasteiger partial charge in [-0.05, 0) is 35.2 Å². The zero-order valence-corrected chi connectivity index (χ0v) is 13.3. The van der Waals surface area contributed by atoms with Crippen molar-refractivity contribution in [3.05, 3.63) is 16.0 Å². The molecule has 1 heterocycles. The highest BCUT2D eigenvalue weighted by Crippen LogP contribution is 2.28. The maximum absolute atomic E-state index is 5.48. The lowest BCUT2D eigenvalue weighted by Gasteiger charge is -2.19. The topological polar surface area (TPSA) is 47.0 Å². The Labute approximate surface area is 118 Å². The monoisotopic (exact) mass is 315 g/mol. The standard InChI is InChI=1S/C13H22BrN3O/c1-6-7-15-12-10(14)9(4)16-13(17-12)11(18-5)8(2)3/h8,11H,6-7H2,1-5H3,(H,15,16,17). The van der Waals surface area contributed by atoms with Crippen molar-refractivity contribution in [2.45, 2.75) is 40.2 Å². The summed E-state index contributed by atoms with van der Waals surface area (Å²) in [5.41, 5.74) is 0.932. The van der Waals surface area contributed by atoms with Crippen LogP contribution in [0.4, 0.5) is 5.82 Å². The summed E-state index contributed by atoms with van der Waals surface area (Å²) in [6, 6.07) is 0. The van der Waals surface area contributed by atoms with Gasteiger partial charge in [0, 0.05) is 13.7 Å². The number of nitrogens with one attached hydrogen (secondary N) is 1. The van der Waals surface area contributed by atoms with Crippen LogP contribution in [0.5, 0.6) is 0 Å². The van der Waals surface area contributed by atoms with Crippen LogP contribution in [0.2, 0.25) is 0 Å². The van der Waals surface area contributed by atoms with E-state index in [1.54, 1.807) is 7.11 Å². The second kappa shape index (κ2) is 7.04. The van der Waals surface area contributed by atoms with Crippen molar-refractivity contribution in [3.8, 4) is 0 Å². The van der Waals surface area contributed by atoms with Gasteiger partial charge in [-0.15, -0.1) is 0 Å². The van der Waals surface area contributed by atoms with E-state index in [1.165, 1.54) is 0 Å². The fraction of sp³-hybridized carbons (Fsp3) is 0.692. The van der Waals surface area contributed by atoms with Gasteiger partial charge in [0.15, 0.2) is 5.82 Å². The predicted molar refractivity (Wildman–Crippen MR) is 77.8 cm³/mol. The summed E-state index contributed by atoms with van der Waals surface area (Å²) in [6.07, 6.45) is 0.988. The van der Waals surface area contributed by atoms with Gasteiger partial charge >= 0.3 is 0 Å². The average molecular weight is 316 g/mol. The summed E-state index contributed by atoms with van der Waals surface area (Å²) < 4.78 is 6.41. The SMILES string of the molecule is CCCNc1nc(C(OC)C(C)C)nc(C)c1Br. The number of methoxy groups -OCH3 is 1. The van der Waals surface area contributed by atoms with Crippen molar-refractivity contribution >= 4 is 21.7 Å². The molecule has 0 aromatic carbocycles. The van der Waals surface area contributed by atoms with E-state index in [1.807, 2.05) is 6.92 Å². The maximum atomic E-state index is 5.48. The summed E-state index contributed by atoms with van der Waals surface area (Å²) in [7, 11) is 1.70. The highest BCUT2D eigenvalue weighted by molar-refractivity contribution is 9.10. The molecule has 1 N–H and O–H groups in total. The van der Waals surface area contributed by atoms with E-state index in [0.717, 1.165) is 34.8 Å². The third-order valence-electron chi connectivity index (χ3n) is 2.69. The van der Waals surface area contributed by atoms with Crippen LogP contribution in [0, 0.1) is 12.8 Å². The Hall–Kier alpha value is -0.680. The van der Waals surface area contributed by atoms with Gasteiger partial charge in [0.25, 0.3) is 0 Å². The molecule has 0 spiro atoms. The van der Waals surface area contributed by atoms with Gasteiger partial charge < -0.3 is 10.1 Å². The summed E-state index contributed by atoms with van der Waals surface area (Å²) >= 11 is 3.52. The molecule has 0 aliphatic carbocycles. The first-order chi connectivity index (χ1) is 8.51. The van der Waals surface area contributed by atoms with Gasteiger partial charge in [0.1, 0.15) is 11.9 Å². The zero-order valence-electron chi connectivity index (χ0n) is 11.7. The van der Waals surface area contributed by atoms with Crippen LogP contribution in [-0.2, 0) is 4.74 Å². The second-order valence-electron chi connectivity index (χ2n) is 4.66. The van der Waals surface area contributed by atoms with E-state index < -0.39 is 0 Å². The summed E-state index contributed by atoms with van der Waals surface area (Å²) in [4.78, 5) is 9.08. The Morgan fingerprint density at radius 3 is 2.50 bits per heavy atom. The van der Waals surface area contributed by atoms with E-state index >= 15 is 0 Å². The summed E-state index contributed by atoms with van der Waals surface area (Å²) in [5.74, 6) is 1.93. The molecular weight excluding hydrogens is 294 g/mol. The molecule has 18 heavy (non-hydrogen) atoms. The molecule has 0 aliphatic rings. The highest BCUT2D eigenvalue weighted by Gasteiger charge is 2.20. The molecule has 1 atom stereocenters. The first-order valence-corrected chi connectivity index (χ1v) is 7.11. The Balaban J connectivity index is 3.10. The summed E-state index contributed by atoms with van der Waals surface area (Å²) in [6.45, 7) is 9.21. The van der Waals surface area contributed by atoms with E-state index in [0.29, 0.717) is 5.92 Å². The van der Waals surface area contributed by atoms with E-state index in [-0.39, 0.29) is 6.10 Å². The molecule has 5 heteroatoms. The number of ether oxygens (including phenoxy) is 1. The molecule has 1 rings (SSSR count). The molecule has 1 unspecified atom stereocenters. The van der Waals surface area contributed by atoms with Gasteiger partial charge in [-0.25, -0.2) is 9.97 Å². The normalized spacial score (nSPS) is 12.8. The van der Waals surface area contributed by atoms with Crippen LogP contribution in [0.15, 0.2) is 4.47 Å². The lowest BCUT2D eigenvalue weighted by Crippen LogP contribution is -2.15. The van der Waals surface area contributed by atoms with Crippen molar-refractivity contribution in [3.63, 3.8) is 0 Å². The Morgan fingerprint density at radius 1 is 1.33 bits per heavy atom. The van der Waals surface area contributed by atoms with Crippen LogP contribution in [0.3, 0.4) is 0 Å². The first-order valence-electron chi connectivity index (χ1n) is 6.31. The average Bonchev–Trinajstić information content (AvgIpc) is 2.32. The van der Waals surface area contributed by atoms with Crippen molar-refractivity contribution in [1.82, 2.24) is 9.97 Å². The van der Waals surface area contributed by atoms with Crippen molar-refractivity contribution in [1.29, 1.82) is 0 Å². The number of hydrogen-bond donors (Lipinski definition) is 1. The number of aromatic nitrogens is 2. The number of hydrogen-bond acceptors (Lipinski definition) is 4. The van der Waals surface area contributed by atoms with E-state index in [9.17, 15) is 0 Å². The predicted octanol–water partition coefficient (Wildman–Crippen LogP) is 3.71. The number of nitrogens with zero attached hydrogens (tertiary/aromatic N) is 2. The van der Waals surface area contributed by atoms with Crippen LogP contribution >= 0.6 is 15.9 Å². The van der Waals surface area contributed by atoms with Crippen LogP contribution < -0.4 is 5.32 Å². The Morgan fingerprint density at radius 2 is 2.00 bits per heavy atom. The van der Waals surface area contributed by atoms with E-state index in [2.05, 4.69) is 52.0 Å². The minimum atomic E-state index is -0.0704. The van der Waals surface area contributed by atoms with Crippen molar-refractivity contribution < 1.29 is 4.74 Å². The number of rotatable bonds is 6. The fourth-order valence-corrected chi connectivity index (χ4v) is 2.06. The smallest absolute Gasteiger partial charge is 0.160 e. The Bertz CT molecular complexity index is 396. The molecular formula is C13H22BrN3O. The van der Waals surface area contributed by atoms with Crippen LogP contribution in [-0.4, -0.2) is 23.6 Å².